The Kier molecular flexibility index (Phi) is 2.52. The second-order valence-corrected chi connectivity index (χ2v) is 4.11. The van der Waals surface area contributed by atoms with Crippen molar-refractivity contribution in [2.24, 2.45) is 0 Å². The summed E-state index contributed by atoms with van der Waals surface area (Å²) in [7, 11) is 0. The van der Waals surface area contributed by atoms with E-state index < -0.39 is 0 Å². The van der Waals surface area contributed by atoms with Crippen molar-refractivity contribution in [1.82, 2.24) is 14.6 Å². The second-order valence-electron chi connectivity index (χ2n) is 2.66. The summed E-state index contributed by atoms with van der Waals surface area (Å²) in [6, 6.07) is 0. The summed E-state index contributed by atoms with van der Waals surface area (Å²) in [6.45, 7) is 1.77. The summed E-state index contributed by atoms with van der Waals surface area (Å²) in [5.74, 6) is 0. The maximum absolute atomic E-state index is 5.88. The van der Waals surface area contributed by atoms with E-state index in [0.29, 0.717) is 16.2 Å². The summed E-state index contributed by atoms with van der Waals surface area (Å²) >= 11 is 23.2. The van der Waals surface area contributed by atoms with Crippen LogP contribution in [0, 0.1) is 6.92 Å². The van der Waals surface area contributed by atoms with E-state index >= 15 is 0 Å². The molecule has 2 rings (SSSR count). The zero-order valence-electron chi connectivity index (χ0n) is 6.85. The van der Waals surface area contributed by atoms with Crippen LogP contribution in [0.15, 0.2) is 0 Å². The molecule has 3 nitrogen and oxygen atoms in total. The first kappa shape index (κ1) is 10.3. The highest BCUT2D eigenvalue weighted by atomic mass is 35.5. The van der Waals surface area contributed by atoms with Crippen LogP contribution < -0.4 is 0 Å². The van der Waals surface area contributed by atoms with Crippen LogP contribution in [-0.4, -0.2) is 14.6 Å². The van der Waals surface area contributed by atoms with Crippen molar-refractivity contribution in [1.29, 1.82) is 0 Å². The quantitative estimate of drug-likeness (QED) is 0.732. The number of halogens is 4. The number of fused-ring (bicyclic) bond motifs is 1. The van der Waals surface area contributed by atoms with Crippen molar-refractivity contribution in [3.63, 3.8) is 0 Å². The topological polar surface area (TPSA) is 30.2 Å². The highest BCUT2D eigenvalue weighted by molar-refractivity contribution is 6.43. The third kappa shape index (κ3) is 1.36. The van der Waals surface area contributed by atoms with Gasteiger partial charge >= 0.3 is 0 Å². The minimum Gasteiger partial charge on any atom is -0.213 e. The van der Waals surface area contributed by atoms with Crippen molar-refractivity contribution < 1.29 is 0 Å². The smallest absolute Gasteiger partial charge is 0.170 e. The first-order chi connectivity index (χ1) is 6.52. The fourth-order valence-electron chi connectivity index (χ4n) is 1.09. The zero-order valence-corrected chi connectivity index (χ0v) is 9.88. The lowest BCUT2D eigenvalue weighted by Gasteiger charge is -2.01. The molecule has 2 aromatic rings. The van der Waals surface area contributed by atoms with Gasteiger partial charge in [-0.2, -0.15) is 9.61 Å². The molecule has 0 aliphatic rings. The summed E-state index contributed by atoms with van der Waals surface area (Å²) in [4.78, 5) is 4.01. The minimum atomic E-state index is 0.174. The van der Waals surface area contributed by atoms with Gasteiger partial charge in [-0.15, -0.1) is 0 Å². The molecule has 0 amide bonds. The van der Waals surface area contributed by atoms with Gasteiger partial charge in [0.05, 0.1) is 5.02 Å². The third-order valence-corrected chi connectivity index (χ3v) is 3.32. The van der Waals surface area contributed by atoms with Crippen LogP contribution in [0.2, 0.25) is 20.5 Å². The van der Waals surface area contributed by atoms with Crippen LogP contribution in [0.4, 0.5) is 0 Å². The van der Waals surface area contributed by atoms with Crippen molar-refractivity contribution in [2.75, 3.05) is 0 Å². The largest absolute Gasteiger partial charge is 0.213 e. The number of rotatable bonds is 0. The molecule has 0 bridgehead atoms. The monoisotopic (exact) mass is 269 g/mol. The summed E-state index contributed by atoms with van der Waals surface area (Å²) in [6.07, 6.45) is 0. The number of hydrogen-bond acceptors (Lipinski definition) is 2. The van der Waals surface area contributed by atoms with Crippen molar-refractivity contribution >= 4 is 52.1 Å². The average molecular weight is 271 g/mol. The fraction of sp³-hybridized carbons (Fsp3) is 0.143. The molecule has 0 N–H and O–H groups in total. The van der Waals surface area contributed by atoms with Crippen LogP contribution in [0.25, 0.3) is 5.65 Å². The number of imidazole rings is 1. The molecule has 0 saturated carbocycles. The van der Waals surface area contributed by atoms with E-state index in [0.717, 1.165) is 0 Å². The molecule has 0 aliphatic carbocycles. The first-order valence-electron chi connectivity index (χ1n) is 3.57. The van der Waals surface area contributed by atoms with E-state index in [9.17, 15) is 0 Å². The molecule has 14 heavy (non-hydrogen) atoms. The number of nitrogens with zero attached hydrogens (tertiary/aromatic N) is 3. The van der Waals surface area contributed by atoms with E-state index in [1.54, 1.807) is 6.92 Å². The van der Waals surface area contributed by atoms with Crippen LogP contribution in [0.3, 0.4) is 0 Å². The first-order valence-corrected chi connectivity index (χ1v) is 5.09. The van der Waals surface area contributed by atoms with Gasteiger partial charge in [0.15, 0.2) is 21.1 Å². The lowest BCUT2D eigenvalue weighted by molar-refractivity contribution is 0.929. The third-order valence-electron chi connectivity index (χ3n) is 1.79. The van der Waals surface area contributed by atoms with Gasteiger partial charge in [-0.1, -0.05) is 46.4 Å². The summed E-state index contributed by atoms with van der Waals surface area (Å²) in [5, 5.41) is 4.87. The number of aryl methyl sites for hydroxylation is 1. The van der Waals surface area contributed by atoms with Gasteiger partial charge < -0.3 is 0 Å². The standard InChI is InChI=1S/C7H3Cl4N3/c1-2-3(8)4(9)13-14-6(11)5(10)12-7(2)14/h1H3. The lowest BCUT2D eigenvalue weighted by atomic mass is 10.3. The van der Waals surface area contributed by atoms with Crippen LogP contribution in [-0.2, 0) is 0 Å². The Morgan fingerprint density at radius 2 is 1.71 bits per heavy atom. The molecule has 0 radical (unpaired) electrons. The van der Waals surface area contributed by atoms with Crippen molar-refractivity contribution in [3.8, 4) is 0 Å². The number of aromatic nitrogens is 3. The normalized spacial score (nSPS) is 11.2. The molecule has 7 heteroatoms. The molecule has 0 unspecified atom stereocenters. The molecule has 0 saturated heterocycles. The second kappa shape index (κ2) is 3.42. The molecule has 2 heterocycles. The highest BCUT2D eigenvalue weighted by Gasteiger charge is 2.15. The van der Waals surface area contributed by atoms with E-state index in [2.05, 4.69) is 10.1 Å². The predicted molar refractivity (Wildman–Crippen MR) is 57.8 cm³/mol. The maximum atomic E-state index is 5.88. The predicted octanol–water partition coefficient (Wildman–Crippen LogP) is 3.65. The van der Waals surface area contributed by atoms with E-state index in [4.69, 9.17) is 46.4 Å². The van der Waals surface area contributed by atoms with Gasteiger partial charge in [0.25, 0.3) is 0 Å². The van der Waals surface area contributed by atoms with Gasteiger partial charge in [0, 0.05) is 5.56 Å². The highest BCUT2D eigenvalue weighted by Crippen LogP contribution is 2.30. The Morgan fingerprint density at radius 1 is 1.07 bits per heavy atom. The molecular formula is C7H3Cl4N3. The zero-order chi connectivity index (χ0) is 10.5. The Morgan fingerprint density at radius 3 is 2.36 bits per heavy atom. The van der Waals surface area contributed by atoms with E-state index in [-0.39, 0.29) is 15.5 Å². The SMILES string of the molecule is Cc1c(Cl)c(Cl)nn2c(Cl)c(Cl)nc12. The van der Waals surface area contributed by atoms with E-state index in [1.807, 2.05) is 0 Å². The maximum Gasteiger partial charge on any atom is 0.170 e. The van der Waals surface area contributed by atoms with Crippen molar-refractivity contribution in [2.45, 2.75) is 6.92 Å². The van der Waals surface area contributed by atoms with Gasteiger partial charge in [0.2, 0.25) is 0 Å². The Balaban J connectivity index is 2.98. The number of hydrogen-bond donors (Lipinski definition) is 0. The molecular weight excluding hydrogens is 268 g/mol. The molecule has 0 fully saturated rings. The van der Waals surface area contributed by atoms with Crippen LogP contribution in [0.5, 0.6) is 0 Å². The molecule has 0 atom stereocenters. The summed E-state index contributed by atoms with van der Waals surface area (Å²) < 4.78 is 1.35. The van der Waals surface area contributed by atoms with Gasteiger partial charge in [-0.3, -0.25) is 0 Å². The Bertz CT molecular complexity index is 519. The molecule has 0 aliphatic heterocycles. The Hall–Kier alpha value is -0.220. The van der Waals surface area contributed by atoms with E-state index in [1.165, 1.54) is 4.52 Å². The van der Waals surface area contributed by atoms with Gasteiger partial charge in [-0.05, 0) is 6.92 Å². The molecule has 74 valence electrons. The van der Waals surface area contributed by atoms with Crippen LogP contribution in [0.1, 0.15) is 5.56 Å². The van der Waals surface area contributed by atoms with Crippen LogP contribution >= 0.6 is 46.4 Å². The molecule has 0 spiro atoms. The lowest BCUT2D eigenvalue weighted by Crippen LogP contribution is -1.96. The summed E-state index contributed by atoms with van der Waals surface area (Å²) in [5.41, 5.74) is 1.20. The van der Waals surface area contributed by atoms with Crippen molar-refractivity contribution in [3.05, 3.63) is 26.0 Å². The minimum absolute atomic E-state index is 0.174. The fourth-order valence-corrected chi connectivity index (χ4v) is 1.75. The molecule has 0 aromatic carbocycles. The van der Waals surface area contributed by atoms with Gasteiger partial charge in [0.1, 0.15) is 0 Å². The molecule has 2 aromatic heterocycles. The average Bonchev–Trinajstić information content (AvgIpc) is 2.42. The van der Waals surface area contributed by atoms with Gasteiger partial charge in [-0.25, -0.2) is 4.98 Å². The Labute approximate surface area is 99.5 Å².